The number of aromatic nitrogens is 2. The maximum absolute atomic E-state index is 10.6. The summed E-state index contributed by atoms with van der Waals surface area (Å²) < 4.78 is 4.97. The van der Waals surface area contributed by atoms with Crippen LogP contribution < -0.4 is 10.5 Å². The maximum Gasteiger partial charge on any atom is 0.222 e. The van der Waals surface area contributed by atoms with E-state index >= 15 is 0 Å². The molecular weight excluding hydrogens is 170 g/mol. The van der Waals surface area contributed by atoms with Gasteiger partial charge in [0.1, 0.15) is 5.82 Å². The van der Waals surface area contributed by atoms with E-state index in [1.165, 1.54) is 7.11 Å². The molecular formula is C8H11N3O2. The summed E-state index contributed by atoms with van der Waals surface area (Å²) in [4.78, 5) is 18.6. The summed E-state index contributed by atoms with van der Waals surface area (Å²) in [5.74, 6) is 0.585. The van der Waals surface area contributed by atoms with Gasteiger partial charge < -0.3 is 10.5 Å². The predicted octanol–water partition coefficient (Wildman–Crippen LogP) is -0.179. The Bertz CT molecular complexity index is 325. The standard InChI is InChI=1S/C8H11N3O2/c1-5-10-4-6(3-7(9)12)8(11-5)13-2/h4H,3H2,1-2H3,(H2,9,12). The number of nitrogens with two attached hydrogens (primary N) is 1. The van der Waals surface area contributed by atoms with Crippen LogP contribution >= 0.6 is 0 Å². The van der Waals surface area contributed by atoms with Crippen LogP contribution in [0.25, 0.3) is 0 Å². The Morgan fingerprint density at radius 3 is 2.92 bits per heavy atom. The molecule has 5 heteroatoms. The SMILES string of the molecule is COc1nc(C)ncc1CC(N)=O. The van der Waals surface area contributed by atoms with Crippen molar-refractivity contribution in [2.24, 2.45) is 5.73 Å². The van der Waals surface area contributed by atoms with Crippen molar-refractivity contribution >= 4 is 5.91 Å². The van der Waals surface area contributed by atoms with Crippen molar-refractivity contribution in [1.82, 2.24) is 9.97 Å². The molecule has 1 amide bonds. The van der Waals surface area contributed by atoms with Crippen LogP contribution in [0.15, 0.2) is 6.20 Å². The summed E-state index contributed by atoms with van der Waals surface area (Å²) in [5, 5.41) is 0. The van der Waals surface area contributed by atoms with E-state index in [9.17, 15) is 4.79 Å². The van der Waals surface area contributed by atoms with Gasteiger partial charge in [-0.15, -0.1) is 0 Å². The fraction of sp³-hybridized carbons (Fsp3) is 0.375. The zero-order valence-electron chi connectivity index (χ0n) is 7.57. The number of aryl methyl sites for hydroxylation is 1. The van der Waals surface area contributed by atoms with Crippen molar-refractivity contribution in [3.8, 4) is 5.88 Å². The Hall–Kier alpha value is -1.65. The molecule has 0 spiro atoms. The summed E-state index contributed by atoms with van der Waals surface area (Å²) in [5.41, 5.74) is 5.65. The third kappa shape index (κ3) is 2.40. The third-order valence-electron chi connectivity index (χ3n) is 1.50. The Balaban J connectivity index is 2.99. The Morgan fingerprint density at radius 1 is 1.69 bits per heavy atom. The molecule has 0 aromatic carbocycles. The number of nitrogens with zero attached hydrogens (tertiary/aromatic N) is 2. The van der Waals surface area contributed by atoms with Gasteiger partial charge in [0.25, 0.3) is 0 Å². The minimum Gasteiger partial charge on any atom is -0.481 e. The van der Waals surface area contributed by atoms with Crippen LogP contribution in [0.4, 0.5) is 0 Å². The summed E-state index contributed by atoms with van der Waals surface area (Å²) >= 11 is 0. The van der Waals surface area contributed by atoms with Gasteiger partial charge in [-0.1, -0.05) is 0 Å². The number of methoxy groups -OCH3 is 1. The zero-order valence-corrected chi connectivity index (χ0v) is 7.57. The van der Waals surface area contributed by atoms with Gasteiger partial charge in [-0.25, -0.2) is 4.98 Å². The average Bonchev–Trinajstić information content (AvgIpc) is 2.07. The molecule has 0 aliphatic carbocycles. The highest BCUT2D eigenvalue weighted by molar-refractivity contribution is 5.77. The van der Waals surface area contributed by atoms with Crippen LogP contribution in [0.5, 0.6) is 5.88 Å². The lowest BCUT2D eigenvalue weighted by atomic mass is 10.2. The lowest BCUT2D eigenvalue weighted by molar-refractivity contribution is -0.117. The molecule has 13 heavy (non-hydrogen) atoms. The molecule has 1 heterocycles. The van der Waals surface area contributed by atoms with Crippen molar-refractivity contribution in [2.75, 3.05) is 7.11 Å². The largest absolute Gasteiger partial charge is 0.481 e. The quantitative estimate of drug-likeness (QED) is 0.701. The number of primary amides is 1. The molecule has 0 fully saturated rings. The molecule has 0 aliphatic heterocycles. The Kier molecular flexibility index (Phi) is 2.79. The lowest BCUT2D eigenvalue weighted by Crippen LogP contribution is -2.15. The smallest absolute Gasteiger partial charge is 0.222 e. The van der Waals surface area contributed by atoms with Crippen LogP contribution in [0, 0.1) is 6.92 Å². The van der Waals surface area contributed by atoms with Crippen molar-refractivity contribution in [3.63, 3.8) is 0 Å². The van der Waals surface area contributed by atoms with Gasteiger partial charge in [-0.3, -0.25) is 4.79 Å². The monoisotopic (exact) mass is 181 g/mol. The molecule has 0 bridgehead atoms. The first kappa shape index (κ1) is 9.44. The first-order valence-electron chi connectivity index (χ1n) is 3.78. The normalized spacial score (nSPS) is 9.69. The molecule has 1 aromatic rings. The molecule has 0 radical (unpaired) electrons. The Morgan fingerprint density at radius 2 is 2.38 bits per heavy atom. The van der Waals surface area contributed by atoms with Crippen molar-refractivity contribution in [2.45, 2.75) is 13.3 Å². The van der Waals surface area contributed by atoms with Crippen LogP contribution in [0.1, 0.15) is 11.4 Å². The topological polar surface area (TPSA) is 78.1 Å². The summed E-state index contributed by atoms with van der Waals surface area (Å²) in [7, 11) is 1.49. The molecule has 2 N–H and O–H groups in total. The third-order valence-corrected chi connectivity index (χ3v) is 1.50. The summed E-state index contributed by atoms with van der Waals surface area (Å²) in [6.45, 7) is 1.75. The lowest BCUT2D eigenvalue weighted by Gasteiger charge is -2.04. The van der Waals surface area contributed by atoms with E-state index in [-0.39, 0.29) is 6.42 Å². The predicted molar refractivity (Wildman–Crippen MR) is 46.2 cm³/mol. The van der Waals surface area contributed by atoms with Gasteiger partial charge in [0.15, 0.2) is 0 Å². The zero-order chi connectivity index (χ0) is 9.84. The number of ether oxygens (including phenoxy) is 1. The molecule has 0 aliphatic rings. The molecule has 0 unspecified atom stereocenters. The van der Waals surface area contributed by atoms with Gasteiger partial charge in [-0.2, -0.15) is 4.98 Å². The van der Waals surface area contributed by atoms with E-state index in [0.717, 1.165) is 0 Å². The van der Waals surface area contributed by atoms with E-state index in [1.807, 2.05) is 0 Å². The van der Waals surface area contributed by atoms with E-state index in [0.29, 0.717) is 17.3 Å². The number of rotatable bonds is 3. The fourth-order valence-electron chi connectivity index (χ4n) is 0.960. The Labute approximate surface area is 75.9 Å². The number of hydrogen-bond acceptors (Lipinski definition) is 4. The van der Waals surface area contributed by atoms with Crippen molar-refractivity contribution < 1.29 is 9.53 Å². The van der Waals surface area contributed by atoms with Gasteiger partial charge in [0.2, 0.25) is 11.8 Å². The van der Waals surface area contributed by atoms with Crippen LogP contribution in [0.3, 0.4) is 0 Å². The van der Waals surface area contributed by atoms with E-state index in [2.05, 4.69) is 9.97 Å². The summed E-state index contributed by atoms with van der Waals surface area (Å²) in [6, 6.07) is 0. The number of carbonyl (C=O) groups excluding carboxylic acids is 1. The molecule has 70 valence electrons. The summed E-state index contributed by atoms with van der Waals surface area (Å²) in [6.07, 6.45) is 1.65. The van der Waals surface area contributed by atoms with Gasteiger partial charge in [-0.05, 0) is 6.92 Å². The molecule has 0 atom stereocenters. The highest BCUT2D eigenvalue weighted by Crippen LogP contribution is 2.13. The van der Waals surface area contributed by atoms with Crippen LogP contribution in [-0.4, -0.2) is 23.0 Å². The number of amides is 1. The molecule has 0 saturated heterocycles. The van der Waals surface area contributed by atoms with E-state index < -0.39 is 5.91 Å². The highest BCUT2D eigenvalue weighted by atomic mass is 16.5. The van der Waals surface area contributed by atoms with Gasteiger partial charge >= 0.3 is 0 Å². The second-order valence-corrected chi connectivity index (χ2v) is 2.59. The second-order valence-electron chi connectivity index (χ2n) is 2.59. The van der Waals surface area contributed by atoms with Crippen LogP contribution in [0.2, 0.25) is 0 Å². The van der Waals surface area contributed by atoms with Crippen molar-refractivity contribution in [3.05, 3.63) is 17.6 Å². The number of carbonyl (C=O) groups is 1. The molecule has 1 rings (SSSR count). The molecule has 5 nitrogen and oxygen atoms in total. The second kappa shape index (κ2) is 3.84. The highest BCUT2D eigenvalue weighted by Gasteiger charge is 2.07. The maximum atomic E-state index is 10.6. The first-order valence-corrected chi connectivity index (χ1v) is 3.78. The van der Waals surface area contributed by atoms with Gasteiger partial charge in [0.05, 0.1) is 13.5 Å². The van der Waals surface area contributed by atoms with Crippen molar-refractivity contribution in [1.29, 1.82) is 0 Å². The van der Waals surface area contributed by atoms with Gasteiger partial charge in [0, 0.05) is 11.8 Å². The van der Waals surface area contributed by atoms with Crippen LogP contribution in [-0.2, 0) is 11.2 Å². The average molecular weight is 181 g/mol. The fourth-order valence-corrected chi connectivity index (χ4v) is 0.960. The van der Waals surface area contributed by atoms with E-state index in [4.69, 9.17) is 10.5 Å². The minimum atomic E-state index is -0.425. The molecule has 0 saturated carbocycles. The molecule has 1 aromatic heterocycles. The van der Waals surface area contributed by atoms with E-state index in [1.54, 1.807) is 13.1 Å². The minimum absolute atomic E-state index is 0.101. The number of hydrogen-bond donors (Lipinski definition) is 1. The first-order chi connectivity index (χ1) is 6.13.